The van der Waals surface area contributed by atoms with E-state index in [2.05, 4.69) is 22.8 Å². The molecule has 1 aliphatic heterocycles. The highest BCUT2D eigenvalue weighted by atomic mass is 16.6. The van der Waals surface area contributed by atoms with E-state index in [9.17, 15) is 14.4 Å². The lowest BCUT2D eigenvalue weighted by molar-refractivity contribution is -0.137. The summed E-state index contributed by atoms with van der Waals surface area (Å²) in [6.45, 7) is 6.55. The number of hydrogen-bond acceptors (Lipinski definition) is 6. The number of carboxylic acids is 1. The van der Waals surface area contributed by atoms with Gasteiger partial charge in [0.15, 0.2) is 0 Å². The fourth-order valence-corrected chi connectivity index (χ4v) is 5.31. The molecular formula is C33H60N2O7. The van der Waals surface area contributed by atoms with Gasteiger partial charge in [-0.2, -0.15) is 0 Å². The van der Waals surface area contributed by atoms with Crippen molar-refractivity contribution in [2.75, 3.05) is 39.5 Å². The average Bonchev–Trinajstić information content (AvgIpc) is 2.93. The molecule has 1 heterocycles. The van der Waals surface area contributed by atoms with Crippen molar-refractivity contribution in [3.8, 4) is 0 Å². The minimum absolute atomic E-state index is 0.0412. The summed E-state index contributed by atoms with van der Waals surface area (Å²) < 4.78 is 16.6. The van der Waals surface area contributed by atoms with Crippen molar-refractivity contribution in [1.29, 1.82) is 0 Å². The van der Waals surface area contributed by atoms with E-state index in [0.717, 1.165) is 57.8 Å². The van der Waals surface area contributed by atoms with Crippen molar-refractivity contribution >= 4 is 18.0 Å². The quantitative estimate of drug-likeness (QED) is 0.123. The van der Waals surface area contributed by atoms with Crippen LogP contribution in [0.25, 0.3) is 0 Å². The molecule has 0 spiro atoms. The van der Waals surface area contributed by atoms with Crippen molar-refractivity contribution < 1.29 is 33.7 Å². The first-order valence-corrected chi connectivity index (χ1v) is 16.5. The predicted molar refractivity (Wildman–Crippen MR) is 167 cm³/mol. The highest BCUT2D eigenvalue weighted by molar-refractivity contribution is 5.75. The molecule has 0 aromatic rings. The van der Waals surface area contributed by atoms with E-state index < -0.39 is 17.7 Å². The van der Waals surface area contributed by atoms with E-state index in [1.807, 2.05) is 13.8 Å². The van der Waals surface area contributed by atoms with Crippen LogP contribution in [-0.4, -0.2) is 68.2 Å². The van der Waals surface area contributed by atoms with Gasteiger partial charge in [0.1, 0.15) is 5.60 Å². The number of allylic oxidation sites excluding steroid dienone is 2. The Labute approximate surface area is 254 Å². The van der Waals surface area contributed by atoms with Crippen LogP contribution in [-0.2, 0) is 23.8 Å². The molecule has 2 amide bonds. The molecule has 1 saturated heterocycles. The Morgan fingerprint density at radius 2 is 1.36 bits per heavy atom. The summed E-state index contributed by atoms with van der Waals surface area (Å²) in [5.41, 5.74) is -0.610. The largest absolute Gasteiger partial charge is 0.481 e. The van der Waals surface area contributed by atoms with E-state index in [4.69, 9.17) is 19.3 Å². The van der Waals surface area contributed by atoms with Gasteiger partial charge in [-0.1, -0.05) is 69.9 Å². The summed E-state index contributed by atoms with van der Waals surface area (Å²) in [6.07, 6.45) is 22.3. The van der Waals surface area contributed by atoms with Gasteiger partial charge in [-0.3, -0.25) is 9.59 Å². The molecule has 1 rings (SSSR count). The Kier molecular flexibility index (Phi) is 22.9. The fraction of sp³-hybridized carbons (Fsp3) is 0.848. The fourth-order valence-electron chi connectivity index (χ4n) is 5.31. The molecule has 0 radical (unpaired) electrons. The van der Waals surface area contributed by atoms with Crippen molar-refractivity contribution in [3.05, 3.63) is 12.2 Å². The highest BCUT2D eigenvalue weighted by Gasteiger charge is 2.27. The number of ether oxygens (including phenoxy) is 3. The molecule has 244 valence electrons. The van der Waals surface area contributed by atoms with Gasteiger partial charge in [-0.05, 0) is 64.7 Å². The van der Waals surface area contributed by atoms with Gasteiger partial charge < -0.3 is 30.0 Å². The first-order chi connectivity index (χ1) is 20.3. The molecule has 1 atom stereocenters. The first-order valence-electron chi connectivity index (χ1n) is 16.5. The number of carbonyl (C=O) groups excluding carboxylic acids is 2. The molecule has 9 heteroatoms. The summed E-state index contributed by atoms with van der Waals surface area (Å²) in [6, 6.07) is 0. The second-order valence-electron chi connectivity index (χ2n) is 12.1. The zero-order valence-corrected chi connectivity index (χ0v) is 26.6. The minimum Gasteiger partial charge on any atom is -0.481 e. The molecule has 42 heavy (non-hydrogen) atoms. The third kappa shape index (κ3) is 24.5. The van der Waals surface area contributed by atoms with Crippen LogP contribution in [0.5, 0.6) is 0 Å². The highest BCUT2D eigenvalue weighted by Crippen LogP contribution is 2.28. The van der Waals surface area contributed by atoms with Crippen LogP contribution in [0, 0.1) is 5.92 Å². The van der Waals surface area contributed by atoms with Crippen LogP contribution in [0.3, 0.4) is 0 Å². The molecule has 3 N–H and O–H groups in total. The Balaban J connectivity index is 2.24. The lowest BCUT2D eigenvalue weighted by Gasteiger charge is -2.30. The molecule has 0 saturated carbocycles. The Morgan fingerprint density at radius 1 is 0.810 bits per heavy atom. The first kappa shape index (κ1) is 37.9. The number of amides is 2. The van der Waals surface area contributed by atoms with Crippen molar-refractivity contribution in [2.45, 2.75) is 135 Å². The van der Waals surface area contributed by atoms with E-state index in [0.29, 0.717) is 58.3 Å². The number of carbonyl (C=O) groups is 3. The van der Waals surface area contributed by atoms with Crippen LogP contribution in [0.4, 0.5) is 4.79 Å². The minimum atomic E-state index is -0.691. The third-order valence-electron chi connectivity index (χ3n) is 7.55. The van der Waals surface area contributed by atoms with E-state index >= 15 is 0 Å². The van der Waals surface area contributed by atoms with Crippen LogP contribution in [0.2, 0.25) is 0 Å². The number of carboxylic acid groups (broad SMARTS) is 1. The van der Waals surface area contributed by atoms with Gasteiger partial charge in [-0.15, -0.1) is 0 Å². The van der Waals surface area contributed by atoms with Gasteiger partial charge in [0, 0.05) is 25.9 Å². The maximum absolute atomic E-state index is 12.4. The molecular weight excluding hydrogens is 536 g/mol. The average molecular weight is 597 g/mol. The number of alkyl carbamates (subject to hydrolysis) is 1. The van der Waals surface area contributed by atoms with E-state index in [-0.39, 0.29) is 5.91 Å². The Hall–Kier alpha value is -2.13. The van der Waals surface area contributed by atoms with Gasteiger partial charge >= 0.3 is 12.1 Å². The second-order valence-corrected chi connectivity index (χ2v) is 12.1. The zero-order chi connectivity index (χ0) is 30.7. The normalized spacial score (nSPS) is 19.8. The summed E-state index contributed by atoms with van der Waals surface area (Å²) in [5, 5.41) is 14.3. The standard InChI is InChI=1S/C33H60N2O7/c1-33(2)28-29(20-21-30(36)34-22-24-40-26-27-41-25-23-35-32(39)42-33)18-16-14-12-10-8-6-4-3-5-7-9-11-13-15-17-19-31(37)38/h3,5,29H,4,6-28H2,1-2H3,(H,34,36)(H,35,39)(H,37,38)/b5-3-. The summed E-state index contributed by atoms with van der Waals surface area (Å²) in [5.74, 6) is -0.338. The number of nitrogens with one attached hydrogen (secondary N) is 2. The Bertz CT molecular complexity index is 742. The van der Waals surface area contributed by atoms with Gasteiger partial charge in [0.25, 0.3) is 0 Å². The zero-order valence-electron chi connectivity index (χ0n) is 26.6. The smallest absolute Gasteiger partial charge is 0.407 e. The maximum atomic E-state index is 12.4. The lowest BCUT2D eigenvalue weighted by Crippen LogP contribution is -2.37. The predicted octanol–water partition coefficient (Wildman–Crippen LogP) is 6.93. The summed E-state index contributed by atoms with van der Waals surface area (Å²) in [4.78, 5) is 35.2. The third-order valence-corrected chi connectivity index (χ3v) is 7.55. The SMILES string of the molecule is CC1(C)CC(CCCCCCCC/C=C\CCCCCCCC(=O)O)CCC(=O)NCCOCCOCCNC(=O)O1. The van der Waals surface area contributed by atoms with Crippen molar-refractivity contribution in [1.82, 2.24) is 10.6 Å². The molecule has 1 fully saturated rings. The van der Waals surface area contributed by atoms with Crippen LogP contribution in [0.1, 0.15) is 129 Å². The topological polar surface area (TPSA) is 123 Å². The summed E-state index contributed by atoms with van der Waals surface area (Å²) >= 11 is 0. The van der Waals surface area contributed by atoms with E-state index in [1.54, 1.807) is 0 Å². The molecule has 0 aliphatic carbocycles. The number of unbranched alkanes of at least 4 members (excludes halogenated alkanes) is 11. The van der Waals surface area contributed by atoms with Crippen molar-refractivity contribution in [3.63, 3.8) is 0 Å². The second kappa shape index (κ2) is 25.4. The molecule has 9 nitrogen and oxygen atoms in total. The molecule has 0 aromatic carbocycles. The van der Waals surface area contributed by atoms with Gasteiger partial charge in [0.05, 0.1) is 26.4 Å². The Morgan fingerprint density at radius 3 is 1.98 bits per heavy atom. The van der Waals surface area contributed by atoms with Crippen LogP contribution >= 0.6 is 0 Å². The van der Waals surface area contributed by atoms with Gasteiger partial charge in [0.2, 0.25) is 5.91 Å². The van der Waals surface area contributed by atoms with E-state index in [1.165, 1.54) is 44.9 Å². The monoisotopic (exact) mass is 596 g/mol. The number of cyclic esters (lactones) is 1. The maximum Gasteiger partial charge on any atom is 0.407 e. The summed E-state index contributed by atoms with van der Waals surface area (Å²) in [7, 11) is 0. The number of rotatable bonds is 17. The molecule has 0 bridgehead atoms. The van der Waals surface area contributed by atoms with Crippen LogP contribution in [0.15, 0.2) is 12.2 Å². The molecule has 1 unspecified atom stereocenters. The number of aliphatic carboxylic acids is 1. The van der Waals surface area contributed by atoms with Crippen molar-refractivity contribution in [2.24, 2.45) is 5.92 Å². The number of hydrogen-bond donors (Lipinski definition) is 3. The van der Waals surface area contributed by atoms with Gasteiger partial charge in [-0.25, -0.2) is 4.79 Å². The lowest BCUT2D eigenvalue weighted by atomic mass is 9.86. The molecule has 0 aromatic heterocycles. The molecule has 1 aliphatic rings. The van der Waals surface area contributed by atoms with Crippen LogP contribution < -0.4 is 10.6 Å².